The molecule has 0 aromatic heterocycles. The number of halogens is 1. The van der Waals surface area contributed by atoms with Crippen LogP contribution in [0.4, 0.5) is 5.69 Å². The quantitative estimate of drug-likeness (QED) is 0.873. The van der Waals surface area contributed by atoms with Gasteiger partial charge in [0.1, 0.15) is 5.75 Å². The number of rotatable bonds is 5. The summed E-state index contributed by atoms with van der Waals surface area (Å²) in [5, 5.41) is 6.68. The summed E-state index contributed by atoms with van der Waals surface area (Å²) in [5.41, 5.74) is 0.705. The maximum absolute atomic E-state index is 11.9. The Morgan fingerprint density at radius 3 is 3.05 bits per heavy atom. The molecule has 1 aliphatic heterocycles. The third-order valence-electron chi connectivity index (χ3n) is 3.11. The fourth-order valence-electron chi connectivity index (χ4n) is 2.22. The molecule has 0 aliphatic carbocycles. The molecule has 1 heterocycles. The lowest BCUT2D eigenvalue weighted by Gasteiger charge is -2.12. The van der Waals surface area contributed by atoms with Crippen molar-refractivity contribution in [1.82, 2.24) is 5.32 Å². The maximum Gasteiger partial charge on any atom is 0.225 e. The minimum atomic E-state index is 0.0135. The highest BCUT2D eigenvalue weighted by Gasteiger charge is 2.17. The number of amides is 1. The molecule has 5 heteroatoms. The first-order valence-electron chi connectivity index (χ1n) is 6.64. The summed E-state index contributed by atoms with van der Waals surface area (Å²) in [7, 11) is 0. The average Bonchev–Trinajstić information content (AvgIpc) is 2.85. The molecule has 2 N–H and O–H groups in total. The van der Waals surface area contributed by atoms with E-state index >= 15 is 0 Å². The van der Waals surface area contributed by atoms with Crippen molar-refractivity contribution < 1.29 is 9.53 Å². The molecule has 1 saturated heterocycles. The van der Waals surface area contributed by atoms with Crippen LogP contribution in [-0.2, 0) is 4.79 Å². The van der Waals surface area contributed by atoms with Crippen LogP contribution in [-0.4, -0.2) is 25.1 Å². The summed E-state index contributed by atoms with van der Waals surface area (Å²) in [6, 6.07) is 5.59. The number of nitrogens with one attached hydrogen (secondary N) is 2. The van der Waals surface area contributed by atoms with Gasteiger partial charge < -0.3 is 15.4 Å². The van der Waals surface area contributed by atoms with Crippen LogP contribution in [0.2, 0.25) is 5.02 Å². The highest BCUT2D eigenvalue weighted by Crippen LogP contribution is 2.27. The van der Waals surface area contributed by atoms with Crippen LogP contribution in [0.25, 0.3) is 0 Å². The maximum atomic E-state index is 11.9. The van der Waals surface area contributed by atoms with Crippen LogP contribution >= 0.6 is 11.6 Å². The van der Waals surface area contributed by atoms with Crippen LogP contribution in [0.1, 0.15) is 26.2 Å². The summed E-state index contributed by atoms with van der Waals surface area (Å²) >= 11 is 6.07. The van der Waals surface area contributed by atoms with Crippen molar-refractivity contribution in [2.45, 2.75) is 32.2 Å². The number of carbonyl (C=O) groups is 1. The Hall–Kier alpha value is -1.26. The highest BCUT2D eigenvalue weighted by atomic mass is 35.5. The normalized spacial score (nSPS) is 18.3. The molecule has 1 fully saturated rings. The van der Waals surface area contributed by atoms with Crippen molar-refractivity contribution in [3.05, 3.63) is 23.2 Å². The van der Waals surface area contributed by atoms with Gasteiger partial charge in [0.15, 0.2) is 0 Å². The molecule has 1 aliphatic rings. The number of hydrogen-bond acceptors (Lipinski definition) is 3. The Morgan fingerprint density at radius 1 is 1.58 bits per heavy atom. The van der Waals surface area contributed by atoms with Gasteiger partial charge in [-0.05, 0) is 44.5 Å². The molecule has 1 amide bonds. The van der Waals surface area contributed by atoms with Crippen molar-refractivity contribution >= 4 is 23.2 Å². The highest BCUT2D eigenvalue weighted by molar-refractivity contribution is 6.32. The number of benzene rings is 1. The molecule has 19 heavy (non-hydrogen) atoms. The summed E-state index contributed by atoms with van der Waals surface area (Å²) in [6.45, 7) is 3.48. The molecular formula is C14H19ClN2O2. The van der Waals surface area contributed by atoms with E-state index in [-0.39, 0.29) is 5.91 Å². The number of hydrogen-bond donors (Lipinski definition) is 2. The lowest BCUT2D eigenvalue weighted by molar-refractivity contribution is -0.116. The van der Waals surface area contributed by atoms with E-state index in [0.717, 1.165) is 19.4 Å². The largest absolute Gasteiger partial charge is 0.492 e. The molecular weight excluding hydrogens is 264 g/mol. The molecule has 1 aromatic rings. The third-order valence-corrected chi connectivity index (χ3v) is 3.41. The van der Waals surface area contributed by atoms with Gasteiger partial charge in [-0.25, -0.2) is 0 Å². The first-order valence-corrected chi connectivity index (χ1v) is 7.02. The summed E-state index contributed by atoms with van der Waals surface area (Å²) in [6.07, 6.45) is 2.72. The van der Waals surface area contributed by atoms with Gasteiger partial charge in [0.2, 0.25) is 5.91 Å². The van der Waals surface area contributed by atoms with E-state index < -0.39 is 0 Å². The van der Waals surface area contributed by atoms with E-state index in [9.17, 15) is 4.79 Å². The molecule has 0 saturated carbocycles. The van der Waals surface area contributed by atoms with Gasteiger partial charge in [-0.2, -0.15) is 0 Å². The van der Waals surface area contributed by atoms with E-state index in [1.807, 2.05) is 6.92 Å². The Bertz CT molecular complexity index is 445. The summed E-state index contributed by atoms with van der Waals surface area (Å²) in [5.74, 6) is 0.652. The molecule has 104 valence electrons. The van der Waals surface area contributed by atoms with Gasteiger partial charge in [0.25, 0.3) is 0 Å². The summed E-state index contributed by atoms with van der Waals surface area (Å²) < 4.78 is 5.35. The summed E-state index contributed by atoms with van der Waals surface area (Å²) in [4.78, 5) is 11.9. The van der Waals surface area contributed by atoms with Crippen LogP contribution in [0.15, 0.2) is 18.2 Å². The van der Waals surface area contributed by atoms with Crippen LogP contribution in [0.3, 0.4) is 0 Å². The second kappa shape index (κ2) is 6.78. The number of carbonyl (C=O) groups excluding carboxylic acids is 1. The average molecular weight is 283 g/mol. The van der Waals surface area contributed by atoms with Gasteiger partial charge in [0.05, 0.1) is 11.6 Å². The SMILES string of the molecule is CCOc1ccc(NC(=O)CC2CCCN2)cc1Cl. The molecule has 2 rings (SSSR count). The third kappa shape index (κ3) is 4.11. The van der Waals surface area contributed by atoms with Gasteiger partial charge in [0, 0.05) is 18.2 Å². The Kier molecular flexibility index (Phi) is 5.05. The van der Waals surface area contributed by atoms with E-state index in [0.29, 0.717) is 35.5 Å². The Balaban J connectivity index is 1.91. The second-order valence-corrected chi connectivity index (χ2v) is 5.03. The lowest BCUT2D eigenvalue weighted by atomic mass is 10.1. The van der Waals surface area contributed by atoms with E-state index in [2.05, 4.69) is 10.6 Å². The predicted molar refractivity (Wildman–Crippen MR) is 76.9 cm³/mol. The fourth-order valence-corrected chi connectivity index (χ4v) is 2.45. The van der Waals surface area contributed by atoms with Crippen LogP contribution in [0.5, 0.6) is 5.75 Å². The lowest BCUT2D eigenvalue weighted by Crippen LogP contribution is -2.27. The minimum absolute atomic E-state index is 0.0135. The van der Waals surface area contributed by atoms with Crippen molar-refractivity contribution in [1.29, 1.82) is 0 Å². The van der Waals surface area contributed by atoms with Crippen molar-refractivity contribution in [3.8, 4) is 5.75 Å². The Morgan fingerprint density at radius 2 is 2.42 bits per heavy atom. The molecule has 1 aromatic carbocycles. The first kappa shape index (κ1) is 14.2. The zero-order valence-electron chi connectivity index (χ0n) is 11.0. The molecule has 1 atom stereocenters. The molecule has 4 nitrogen and oxygen atoms in total. The van der Waals surface area contributed by atoms with Crippen molar-refractivity contribution in [2.24, 2.45) is 0 Å². The smallest absolute Gasteiger partial charge is 0.225 e. The minimum Gasteiger partial charge on any atom is -0.492 e. The van der Waals surface area contributed by atoms with E-state index in [4.69, 9.17) is 16.3 Å². The van der Waals surface area contributed by atoms with Gasteiger partial charge in [-0.15, -0.1) is 0 Å². The van der Waals surface area contributed by atoms with Crippen molar-refractivity contribution in [2.75, 3.05) is 18.5 Å². The zero-order valence-corrected chi connectivity index (χ0v) is 11.8. The zero-order chi connectivity index (χ0) is 13.7. The Labute approximate surface area is 118 Å². The fraction of sp³-hybridized carbons (Fsp3) is 0.500. The second-order valence-electron chi connectivity index (χ2n) is 4.62. The molecule has 0 radical (unpaired) electrons. The monoisotopic (exact) mass is 282 g/mol. The standard InChI is InChI=1S/C14H19ClN2O2/c1-2-19-13-6-5-11(8-12(13)15)17-14(18)9-10-4-3-7-16-10/h5-6,8,10,16H,2-4,7,9H2,1H3,(H,17,18). The molecule has 0 bridgehead atoms. The number of anilines is 1. The van der Waals surface area contributed by atoms with E-state index in [1.165, 1.54) is 0 Å². The molecule has 1 unspecified atom stereocenters. The van der Waals surface area contributed by atoms with Crippen molar-refractivity contribution in [3.63, 3.8) is 0 Å². The van der Waals surface area contributed by atoms with Gasteiger partial charge in [-0.3, -0.25) is 4.79 Å². The predicted octanol–water partition coefficient (Wildman–Crippen LogP) is 2.82. The van der Waals surface area contributed by atoms with Crippen LogP contribution in [0, 0.1) is 0 Å². The number of ether oxygens (including phenoxy) is 1. The topological polar surface area (TPSA) is 50.4 Å². The van der Waals surface area contributed by atoms with Gasteiger partial charge in [-0.1, -0.05) is 11.6 Å². The molecule has 0 spiro atoms. The first-order chi connectivity index (χ1) is 9.19. The van der Waals surface area contributed by atoms with Crippen LogP contribution < -0.4 is 15.4 Å². The van der Waals surface area contributed by atoms with E-state index in [1.54, 1.807) is 18.2 Å². The van der Waals surface area contributed by atoms with Gasteiger partial charge >= 0.3 is 0 Å².